The van der Waals surface area contributed by atoms with Crippen LogP contribution >= 0.6 is 11.6 Å². The summed E-state index contributed by atoms with van der Waals surface area (Å²) in [6, 6.07) is 4.28. The van der Waals surface area contributed by atoms with Gasteiger partial charge in [-0.1, -0.05) is 23.8 Å². The third-order valence-corrected chi connectivity index (χ3v) is 5.97. The van der Waals surface area contributed by atoms with Gasteiger partial charge in [0.1, 0.15) is 4.90 Å². The first-order chi connectivity index (χ1) is 10.2. The molecule has 0 aromatic heterocycles. The first-order valence-electron chi connectivity index (χ1n) is 6.85. The molecule has 2 rings (SSSR count). The molecule has 0 spiro atoms. The Morgan fingerprint density at radius 2 is 1.86 bits per heavy atom. The molecule has 0 radical (unpaired) electrons. The zero-order valence-corrected chi connectivity index (χ0v) is 14.3. The van der Waals surface area contributed by atoms with Crippen LogP contribution in [0.1, 0.15) is 30.1 Å². The van der Waals surface area contributed by atoms with Crippen molar-refractivity contribution in [2.45, 2.75) is 30.2 Å². The molecule has 0 heterocycles. The second-order valence-electron chi connectivity index (χ2n) is 5.83. The monoisotopic (exact) mass is 342 g/mol. The van der Waals surface area contributed by atoms with Gasteiger partial charge in [0, 0.05) is 25.2 Å². The number of rotatable bonds is 4. The van der Waals surface area contributed by atoms with Crippen LogP contribution in [0, 0.1) is 0 Å². The number of benzene rings is 1. The van der Waals surface area contributed by atoms with Crippen LogP contribution in [0.2, 0.25) is 5.02 Å². The Hall–Kier alpha value is -1.37. The van der Waals surface area contributed by atoms with Crippen LogP contribution in [0.25, 0.3) is 0 Å². The van der Waals surface area contributed by atoms with Crippen molar-refractivity contribution in [3.05, 3.63) is 40.9 Å². The van der Waals surface area contributed by atoms with E-state index in [1.807, 2.05) is 19.1 Å². The van der Waals surface area contributed by atoms with E-state index in [4.69, 9.17) is 11.6 Å². The van der Waals surface area contributed by atoms with Crippen molar-refractivity contribution in [3.63, 3.8) is 0 Å². The number of hydrogen-bond donors (Lipinski definition) is 1. The summed E-state index contributed by atoms with van der Waals surface area (Å²) >= 11 is 5.98. The van der Waals surface area contributed by atoms with Gasteiger partial charge >= 0.3 is 0 Å². The molecule has 7 heteroatoms. The van der Waals surface area contributed by atoms with Crippen LogP contribution in [0.4, 0.5) is 0 Å². The summed E-state index contributed by atoms with van der Waals surface area (Å²) in [6.07, 6.45) is 5.55. The SMILES string of the molecule is CN(C)S(=O)(=O)c1cc(C(=O)NC2(C)CC=CC2)ccc1Cl. The number of carbonyl (C=O) groups excluding carboxylic acids is 1. The van der Waals surface area contributed by atoms with Gasteiger partial charge < -0.3 is 5.32 Å². The first kappa shape index (κ1) is 17.0. The number of amides is 1. The summed E-state index contributed by atoms with van der Waals surface area (Å²) < 4.78 is 25.5. The van der Waals surface area contributed by atoms with Crippen LogP contribution in [0.3, 0.4) is 0 Å². The van der Waals surface area contributed by atoms with E-state index in [2.05, 4.69) is 5.32 Å². The molecule has 1 N–H and O–H groups in total. The summed E-state index contributed by atoms with van der Waals surface area (Å²) in [6.45, 7) is 1.96. The molecule has 0 bridgehead atoms. The van der Waals surface area contributed by atoms with Crippen molar-refractivity contribution in [2.75, 3.05) is 14.1 Å². The third kappa shape index (κ3) is 3.34. The normalized spacial score (nSPS) is 17.0. The number of nitrogens with zero attached hydrogens (tertiary/aromatic N) is 1. The van der Waals surface area contributed by atoms with Gasteiger partial charge in [-0.2, -0.15) is 0 Å². The van der Waals surface area contributed by atoms with Crippen LogP contribution in [-0.4, -0.2) is 38.3 Å². The lowest BCUT2D eigenvalue weighted by Gasteiger charge is -2.25. The molecule has 120 valence electrons. The molecule has 0 saturated carbocycles. The van der Waals surface area contributed by atoms with Crippen LogP contribution in [-0.2, 0) is 10.0 Å². The Morgan fingerprint density at radius 1 is 1.27 bits per heavy atom. The first-order valence-corrected chi connectivity index (χ1v) is 8.67. The third-order valence-electron chi connectivity index (χ3n) is 3.67. The number of nitrogens with one attached hydrogen (secondary N) is 1. The summed E-state index contributed by atoms with van der Waals surface area (Å²) in [4.78, 5) is 12.3. The predicted octanol–water partition coefficient (Wildman–Crippen LogP) is 2.43. The molecular formula is C15H19ClN2O3S. The van der Waals surface area contributed by atoms with E-state index >= 15 is 0 Å². The van der Waals surface area contributed by atoms with Gasteiger partial charge in [-0.3, -0.25) is 4.79 Å². The van der Waals surface area contributed by atoms with Crippen molar-refractivity contribution >= 4 is 27.5 Å². The average Bonchev–Trinajstić information content (AvgIpc) is 2.85. The van der Waals surface area contributed by atoms with E-state index < -0.39 is 10.0 Å². The molecule has 1 aromatic rings. The molecule has 1 aromatic carbocycles. The molecule has 0 saturated heterocycles. The molecule has 0 atom stereocenters. The summed E-state index contributed by atoms with van der Waals surface area (Å²) in [7, 11) is -0.856. The lowest BCUT2D eigenvalue weighted by atomic mass is 9.99. The van der Waals surface area contributed by atoms with Crippen LogP contribution in [0.5, 0.6) is 0 Å². The minimum Gasteiger partial charge on any atom is -0.346 e. The van der Waals surface area contributed by atoms with E-state index in [0.29, 0.717) is 0 Å². The summed E-state index contributed by atoms with van der Waals surface area (Å²) in [5.41, 5.74) is -0.0462. The van der Waals surface area contributed by atoms with Crippen LogP contribution in [0.15, 0.2) is 35.2 Å². The standard InChI is InChI=1S/C15H19ClN2O3S/c1-15(8-4-5-9-15)17-14(19)11-6-7-12(16)13(10-11)22(20,21)18(2)3/h4-7,10H,8-9H2,1-3H3,(H,17,19). The number of halogens is 1. The quantitative estimate of drug-likeness (QED) is 0.854. The van der Waals surface area contributed by atoms with E-state index in [1.54, 1.807) is 0 Å². The zero-order valence-electron chi connectivity index (χ0n) is 12.8. The fraction of sp³-hybridized carbons (Fsp3) is 0.400. The number of hydrogen-bond acceptors (Lipinski definition) is 3. The van der Waals surface area contributed by atoms with E-state index in [-0.39, 0.29) is 26.9 Å². The number of carbonyl (C=O) groups is 1. The van der Waals surface area contributed by atoms with E-state index in [0.717, 1.165) is 17.1 Å². The second kappa shape index (κ2) is 6.02. The van der Waals surface area contributed by atoms with Gasteiger partial charge in [-0.15, -0.1) is 0 Å². The Bertz CT molecular complexity index is 718. The maximum Gasteiger partial charge on any atom is 0.251 e. The van der Waals surface area contributed by atoms with Gasteiger partial charge in [0.2, 0.25) is 10.0 Å². The Labute approximate surface area is 136 Å². The van der Waals surface area contributed by atoms with Gasteiger partial charge in [0.25, 0.3) is 5.91 Å². The van der Waals surface area contributed by atoms with Crippen molar-refractivity contribution < 1.29 is 13.2 Å². The maximum atomic E-state index is 12.4. The van der Waals surface area contributed by atoms with Gasteiger partial charge in [-0.05, 0) is 38.0 Å². The van der Waals surface area contributed by atoms with Crippen molar-refractivity contribution in [1.82, 2.24) is 9.62 Å². The summed E-state index contributed by atoms with van der Waals surface area (Å²) in [5, 5.41) is 3.04. The topological polar surface area (TPSA) is 66.5 Å². The molecule has 22 heavy (non-hydrogen) atoms. The number of sulfonamides is 1. The lowest BCUT2D eigenvalue weighted by molar-refractivity contribution is 0.0910. The minimum absolute atomic E-state index is 0.0680. The molecule has 1 amide bonds. The van der Waals surface area contributed by atoms with Crippen molar-refractivity contribution in [3.8, 4) is 0 Å². The lowest BCUT2D eigenvalue weighted by Crippen LogP contribution is -2.43. The Morgan fingerprint density at radius 3 is 2.41 bits per heavy atom. The van der Waals surface area contributed by atoms with Gasteiger partial charge in [0.05, 0.1) is 5.02 Å². The maximum absolute atomic E-state index is 12.4. The van der Waals surface area contributed by atoms with Gasteiger partial charge in [-0.25, -0.2) is 12.7 Å². The molecule has 0 unspecified atom stereocenters. The molecule has 0 fully saturated rings. The van der Waals surface area contributed by atoms with Crippen LogP contribution < -0.4 is 5.32 Å². The summed E-state index contributed by atoms with van der Waals surface area (Å²) in [5.74, 6) is -0.307. The fourth-order valence-electron chi connectivity index (χ4n) is 2.26. The van der Waals surface area contributed by atoms with Gasteiger partial charge in [0.15, 0.2) is 0 Å². The highest BCUT2D eigenvalue weighted by atomic mass is 35.5. The minimum atomic E-state index is -3.70. The van der Waals surface area contributed by atoms with Crippen molar-refractivity contribution in [2.24, 2.45) is 0 Å². The Balaban J connectivity index is 2.32. The highest BCUT2D eigenvalue weighted by Gasteiger charge is 2.28. The smallest absolute Gasteiger partial charge is 0.251 e. The molecule has 1 aliphatic carbocycles. The Kier molecular flexibility index (Phi) is 4.65. The molecule has 1 aliphatic rings. The van der Waals surface area contributed by atoms with E-state index in [9.17, 15) is 13.2 Å². The van der Waals surface area contributed by atoms with E-state index in [1.165, 1.54) is 32.3 Å². The highest BCUT2D eigenvalue weighted by Crippen LogP contribution is 2.26. The largest absolute Gasteiger partial charge is 0.346 e. The molecular weight excluding hydrogens is 324 g/mol. The zero-order chi connectivity index (χ0) is 16.5. The highest BCUT2D eigenvalue weighted by molar-refractivity contribution is 7.89. The predicted molar refractivity (Wildman–Crippen MR) is 86.6 cm³/mol. The second-order valence-corrected chi connectivity index (χ2v) is 8.35. The average molecular weight is 343 g/mol. The fourth-order valence-corrected chi connectivity index (χ4v) is 3.65. The van der Waals surface area contributed by atoms with Crippen molar-refractivity contribution in [1.29, 1.82) is 0 Å². The molecule has 5 nitrogen and oxygen atoms in total. The molecule has 0 aliphatic heterocycles.